The van der Waals surface area contributed by atoms with Crippen molar-refractivity contribution in [1.29, 1.82) is 0 Å². The van der Waals surface area contributed by atoms with E-state index in [1.54, 1.807) is 25.3 Å². The van der Waals surface area contributed by atoms with Crippen LogP contribution in [0.15, 0.2) is 29.1 Å². The van der Waals surface area contributed by atoms with Crippen molar-refractivity contribution in [2.24, 2.45) is 23.7 Å². The number of benzene rings is 1. The first kappa shape index (κ1) is 24.1. The van der Waals surface area contributed by atoms with Crippen molar-refractivity contribution in [3.8, 4) is 0 Å². The highest BCUT2D eigenvalue weighted by Crippen LogP contribution is 2.39. The summed E-state index contributed by atoms with van der Waals surface area (Å²) in [7, 11) is 0. The zero-order chi connectivity index (χ0) is 23.6. The molecular formula is C25H37N3O4. The van der Waals surface area contributed by atoms with Gasteiger partial charge in [-0.15, -0.1) is 0 Å². The molecule has 1 N–H and O–H groups in total. The zero-order valence-electron chi connectivity index (χ0n) is 20.2. The number of alkyl carbamates (subject to hydrolysis) is 1. The summed E-state index contributed by atoms with van der Waals surface area (Å²) in [4.78, 5) is 39.1. The normalized spacial score (nSPS) is 21.7. The number of hydrogen-bond acceptors (Lipinski definition) is 4. The minimum absolute atomic E-state index is 0.102. The molecular weight excluding hydrogens is 406 g/mol. The summed E-state index contributed by atoms with van der Waals surface area (Å²) in [6.45, 7) is 12.4. The summed E-state index contributed by atoms with van der Waals surface area (Å²) in [5.74, 6) is 0.881. The molecule has 0 saturated heterocycles. The van der Waals surface area contributed by atoms with Gasteiger partial charge in [-0.05, 0) is 63.5 Å². The van der Waals surface area contributed by atoms with Crippen LogP contribution < -0.4 is 11.0 Å². The molecule has 1 aliphatic rings. The van der Waals surface area contributed by atoms with Crippen molar-refractivity contribution in [3.05, 3.63) is 34.7 Å². The largest absolute Gasteiger partial charge is 0.444 e. The summed E-state index contributed by atoms with van der Waals surface area (Å²) < 4.78 is 8.20. The maximum atomic E-state index is 13.7. The topological polar surface area (TPSA) is 82.3 Å². The summed E-state index contributed by atoms with van der Waals surface area (Å²) in [5, 5.41) is 2.69. The number of para-hydroxylation sites is 2. The average Bonchev–Trinajstić information content (AvgIpc) is 2.97. The van der Waals surface area contributed by atoms with Crippen LogP contribution in [0.1, 0.15) is 65.6 Å². The van der Waals surface area contributed by atoms with Crippen molar-refractivity contribution >= 4 is 23.0 Å². The summed E-state index contributed by atoms with van der Waals surface area (Å²) in [6, 6.07) is 7.37. The molecule has 32 heavy (non-hydrogen) atoms. The van der Waals surface area contributed by atoms with Gasteiger partial charge >= 0.3 is 11.8 Å². The second kappa shape index (κ2) is 9.51. The lowest BCUT2D eigenvalue weighted by atomic mass is 9.69. The highest BCUT2D eigenvalue weighted by Gasteiger charge is 2.37. The number of fused-ring (bicyclic) bond motifs is 1. The van der Waals surface area contributed by atoms with E-state index in [4.69, 9.17) is 4.74 Å². The second-order valence-electron chi connectivity index (χ2n) is 10.5. The number of hydrogen-bond donors (Lipinski definition) is 1. The van der Waals surface area contributed by atoms with Crippen LogP contribution in [0.25, 0.3) is 11.0 Å². The molecule has 7 nitrogen and oxygen atoms in total. The van der Waals surface area contributed by atoms with Gasteiger partial charge in [-0.1, -0.05) is 39.3 Å². The number of nitrogens with zero attached hydrogens (tertiary/aromatic N) is 2. The smallest absolute Gasteiger partial charge is 0.407 e. The van der Waals surface area contributed by atoms with Crippen LogP contribution in [-0.4, -0.2) is 33.3 Å². The second-order valence-corrected chi connectivity index (χ2v) is 10.5. The maximum absolute atomic E-state index is 13.7. The van der Waals surface area contributed by atoms with Crippen LogP contribution in [-0.2, 0) is 11.3 Å². The van der Waals surface area contributed by atoms with E-state index in [0.717, 1.165) is 19.3 Å². The van der Waals surface area contributed by atoms with Gasteiger partial charge in [0.1, 0.15) is 5.60 Å². The van der Waals surface area contributed by atoms with E-state index < -0.39 is 11.7 Å². The predicted molar refractivity (Wildman–Crippen MR) is 126 cm³/mol. The Morgan fingerprint density at radius 3 is 2.44 bits per heavy atom. The van der Waals surface area contributed by atoms with E-state index in [2.05, 4.69) is 26.1 Å². The molecule has 0 spiro atoms. The highest BCUT2D eigenvalue weighted by molar-refractivity contribution is 5.92. The van der Waals surface area contributed by atoms with Gasteiger partial charge in [0.2, 0.25) is 5.91 Å². The Hall–Kier alpha value is -2.57. The monoisotopic (exact) mass is 443 g/mol. The molecule has 176 valence electrons. The van der Waals surface area contributed by atoms with Gasteiger partial charge in [0.05, 0.1) is 11.0 Å². The number of imidazole rings is 1. The number of rotatable bonds is 5. The number of carbonyl (C=O) groups is 2. The Morgan fingerprint density at radius 2 is 1.81 bits per heavy atom. The lowest BCUT2D eigenvalue weighted by Crippen LogP contribution is -2.41. The van der Waals surface area contributed by atoms with E-state index in [1.807, 2.05) is 24.3 Å². The van der Waals surface area contributed by atoms with Gasteiger partial charge in [-0.2, -0.15) is 0 Å². The van der Waals surface area contributed by atoms with Crippen molar-refractivity contribution in [2.45, 2.75) is 73.0 Å². The lowest BCUT2D eigenvalue weighted by molar-refractivity contribution is 0.0524. The van der Waals surface area contributed by atoms with Gasteiger partial charge in [0.25, 0.3) is 0 Å². The molecule has 7 heteroatoms. The van der Waals surface area contributed by atoms with E-state index in [9.17, 15) is 14.4 Å². The molecule has 2 aromatic rings. The molecule has 1 saturated carbocycles. The fraction of sp³-hybridized carbons (Fsp3) is 0.640. The first-order valence-electron chi connectivity index (χ1n) is 11.7. The molecule has 0 aliphatic heterocycles. The molecule has 1 amide bonds. The van der Waals surface area contributed by atoms with E-state index in [0.29, 0.717) is 22.9 Å². The Kier molecular flexibility index (Phi) is 7.16. The summed E-state index contributed by atoms with van der Waals surface area (Å²) in [6.07, 6.45) is 2.43. The first-order chi connectivity index (χ1) is 15.0. The average molecular weight is 444 g/mol. The Morgan fingerprint density at radius 1 is 1.16 bits per heavy atom. The predicted octanol–water partition coefficient (Wildman–Crippen LogP) is 4.68. The number of ether oxygens (including phenoxy) is 1. The molecule has 1 aromatic carbocycles. The molecule has 1 aliphatic carbocycles. The quantitative estimate of drug-likeness (QED) is 0.728. The zero-order valence-corrected chi connectivity index (χ0v) is 20.2. The first-order valence-corrected chi connectivity index (χ1v) is 11.7. The number of amides is 1. The van der Waals surface area contributed by atoms with Gasteiger partial charge in [0, 0.05) is 19.0 Å². The Balaban J connectivity index is 1.89. The van der Waals surface area contributed by atoms with Gasteiger partial charge in [0.15, 0.2) is 0 Å². The minimum Gasteiger partial charge on any atom is -0.444 e. The van der Waals surface area contributed by atoms with Gasteiger partial charge in [-0.3, -0.25) is 9.36 Å². The molecule has 1 aromatic heterocycles. The van der Waals surface area contributed by atoms with Crippen molar-refractivity contribution in [1.82, 2.24) is 14.5 Å². The highest BCUT2D eigenvalue weighted by atomic mass is 16.6. The SMILES string of the molecule is CC1CCC(C(C)C)C(C(=O)n2c(=O)n(CCNC(=O)OC(C)(C)C)c3ccccc32)C1. The number of carbonyl (C=O) groups excluding carboxylic acids is 2. The maximum Gasteiger partial charge on any atom is 0.407 e. The van der Waals surface area contributed by atoms with Crippen molar-refractivity contribution < 1.29 is 14.3 Å². The van der Waals surface area contributed by atoms with Crippen LogP contribution in [0, 0.1) is 23.7 Å². The van der Waals surface area contributed by atoms with Crippen molar-refractivity contribution in [2.75, 3.05) is 6.54 Å². The van der Waals surface area contributed by atoms with Gasteiger partial charge in [-0.25, -0.2) is 14.2 Å². The minimum atomic E-state index is -0.590. The molecule has 0 bridgehead atoms. The Bertz CT molecular complexity index is 1030. The standard InChI is InChI=1S/C25H37N3O4/c1-16(2)18-12-11-17(3)15-19(18)22(29)28-21-10-8-7-9-20(21)27(24(28)31)14-13-26-23(30)32-25(4,5)6/h7-10,16-19H,11-15H2,1-6H3,(H,26,30). The van der Waals surface area contributed by atoms with Crippen LogP contribution in [0.3, 0.4) is 0 Å². The van der Waals surface area contributed by atoms with Crippen LogP contribution >= 0.6 is 0 Å². The summed E-state index contributed by atoms with van der Waals surface area (Å²) in [5.41, 5.74) is 0.387. The van der Waals surface area contributed by atoms with E-state index >= 15 is 0 Å². The van der Waals surface area contributed by atoms with E-state index in [-0.39, 0.29) is 36.5 Å². The Labute approximate surface area is 190 Å². The number of nitrogens with one attached hydrogen (secondary N) is 1. The fourth-order valence-electron chi connectivity index (χ4n) is 4.87. The molecule has 3 atom stereocenters. The van der Waals surface area contributed by atoms with Crippen LogP contribution in [0.5, 0.6) is 0 Å². The third-order valence-corrected chi connectivity index (χ3v) is 6.40. The number of aromatic nitrogens is 2. The molecule has 1 heterocycles. The molecule has 0 radical (unpaired) electrons. The molecule has 1 fully saturated rings. The van der Waals surface area contributed by atoms with Gasteiger partial charge < -0.3 is 10.1 Å². The lowest BCUT2D eigenvalue weighted by Gasteiger charge is -2.36. The summed E-state index contributed by atoms with van der Waals surface area (Å²) >= 11 is 0. The fourth-order valence-corrected chi connectivity index (χ4v) is 4.87. The molecule has 3 unspecified atom stereocenters. The third-order valence-electron chi connectivity index (χ3n) is 6.40. The molecule has 3 rings (SSSR count). The van der Waals surface area contributed by atoms with Crippen LogP contribution in [0.2, 0.25) is 0 Å². The van der Waals surface area contributed by atoms with Crippen molar-refractivity contribution in [3.63, 3.8) is 0 Å². The van der Waals surface area contributed by atoms with E-state index in [1.165, 1.54) is 4.57 Å². The van der Waals surface area contributed by atoms with Crippen LogP contribution in [0.4, 0.5) is 4.79 Å². The third kappa shape index (κ3) is 5.25.